The maximum atomic E-state index is 13.5. The van der Waals surface area contributed by atoms with Crippen LogP contribution in [0.15, 0.2) is 18.2 Å². The number of halogens is 1. The first kappa shape index (κ1) is 14.0. The molecule has 1 atom stereocenters. The fourth-order valence-electron chi connectivity index (χ4n) is 2.33. The van der Waals surface area contributed by atoms with Crippen LogP contribution in [-0.2, 0) is 6.54 Å². The van der Waals surface area contributed by atoms with Crippen LogP contribution in [-0.4, -0.2) is 40.4 Å². The molecule has 1 aromatic rings. The molecule has 0 bridgehead atoms. The topological polar surface area (TPSA) is 43.7 Å². The highest BCUT2D eigenvalue weighted by molar-refractivity contribution is 5.38. The highest BCUT2D eigenvalue weighted by Crippen LogP contribution is 2.22. The van der Waals surface area contributed by atoms with Gasteiger partial charge in [0.05, 0.1) is 11.2 Å². The highest BCUT2D eigenvalue weighted by atomic mass is 19.1. The van der Waals surface area contributed by atoms with Gasteiger partial charge in [0.15, 0.2) is 0 Å². The standard InChI is InChI=1S/C15H18FNO2/c1-15(19)6-7-17(11-15)10-12-4-5-14(16)13(9-12)3-2-8-18/h4-5,9,18-19H,6-8,10-11H2,1H3. The number of likely N-dealkylation sites (tertiary alicyclic amines) is 1. The van der Waals surface area contributed by atoms with E-state index < -0.39 is 5.60 Å². The van der Waals surface area contributed by atoms with Crippen LogP contribution in [0.5, 0.6) is 0 Å². The van der Waals surface area contributed by atoms with Crippen LogP contribution in [0.25, 0.3) is 0 Å². The van der Waals surface area contributed by atoms with Crippen LogP contribution in [0.2, 0.25) is 0 Å². The number of benzene rings is 1. The average Bonchev–Trinajstić information content (AvgIpc) is 2.69. The molecule has 2 N–H and O–H groups in total. The summed E-state index contributed by atoms with van der Waals surface area (Å²) in [5.74, 6) is 4.68. The van der Waals surface area contributed by atoms with Crippen molar-refractivity contribution in [2.24, 2.45) is 0 Å². The lowest BCUT2D eigenvalue weighted by atomic mass is 10.1. The van der Waals surface area contributed by atoms with Crippen molar-refractivity contribution in [3.63, 3.8) is 0 Å². The quantitative estimate of drug-likeness (QED) is 0.786. The summed E-state index contributed by atoms with van der Waals surface area (Å²) in [6, 6.07) is 4.82. The number of rotatable bonds is 2. The lowest BCUT2D eigenvalue weighted by Crippen LogP contribution is -2.29. The number of hydrogen-bond acceptors (Lipinski definition) is 3. The zero-order valence-electron chi connectivity index (χ0n) is 11.0. The van der Waals surface area contributed by atoms with Crippen LogP contribution >= 0.6 is 0 Å². The number of β-amino-alcohol motifs (C(OH)–C–C–N with tert-alkyl or cyclic N) is 1. The largest absolute Gasteiger partial charge is 0.389 e. The highest BCUT2D eigenvalue weighted by Gasteiger charge is 2.30. The molecule has 1 saturated heterocycles. The van der Waals surface area contributed by atoms with Crippen molar-refractivity contribution in [2.45, 2.75) is 25.5 Å². The summed E-state index contributed by atoms with van der Waals surface area (Å²) in [4.78, 5) is 2.14. The first-order chi connectivity index (χ1) is 9.00. The zero-order valence-corrected chi connectivity index (χ0v) is 11.0. The van der Waals surface area contributed by atoms with Crippen LogP contribution in [0.3, 0.4) is 0 Å². The third-order valence-electron chi connectivity index (χ3n) is 3.27. The van der Waals surface area contributed by atoms with Crippen LogP contribution in [0, 0.1) is 17.7 Å². The van der Waals surface area contributed by atoms with E-state index in [0.717, 1.165) is 18.5 Å². The van der Waals surface area contributed by atoms with E-state index in [4.69, 9.17) is 5.11 Å². The number of aliphatic hydroxyl groups excluding tert-OH is 1. The van der Waals surface area contributed by atoms with Crippen molar-refractivity contribution in [1.82, 2.24) is 4.90 Å². The van der Waals surface area contributed by atoms with Gasteiger partial charge in [0.25, 0.3) is 0 Å². The lowest BCUT2D eigenvalue weighted by Gasteiger charge is -2.18. The molecule has 1 heterocycles. The molecular weight excluding hydrogens is 245 g/mol. The Labute approximate surface area is 112 Å². The number of hydrogen-bond donors (Lipinski definition) is 2. The van der Waals surface area contributed by atoms with Crippen molar-refractivity contribution in [2.75, 3.05) is 19.7 Å². The van der Waals surface area contributed by atoms with E-state index in [1.165, 1.54) is 6.07 Å². The summed E-state index contributed by atoms with van der Waals surface area (Å²) in [7, 11) is 0. The minimum atomic E-state index is -0.625. The Bertz CT molecular complexity index is 517. The summed E-state index contributed by atoms with van der Waals surface area (Å²) < 4.78 is 13.5. The lowest BCUT2D eigenvalue weighted by molar-refractivity contribution is 0.0679. The van der Waals surface area contributed by atoms with Crippen molar-refractivity contribution < 1.29 is 14.6 Å². The average molecular weight is 263 g/mol. The second kappa shape index (κ2) is 5.70. The maximum absolute atomic E-state index is 13.5. The van der Waals surface area contributed by atoms with Crippen molar-refractivity contribution in [1.29, 1.82) is 0 Å². The predicted molar refractivity (Wildman–Crippen MR) is 70.9 cm³/mol. The Kier molecular flexibility index (Phi) is 4.20. The summed E-state index contributed by atoms with van der Waals surface area (Å²) >= 11 is 0. The van der Waals surface area contributed by atoms with Gasteiger partial charge in [-0.3, -0.25) is 4.90 Å². The molecule has 0 spiro atoms. The Morgan fingerprint density at radius 3 is 2.89 bits per heavy atom. The molecule has 3 nitrogen and oxygen atoms in total. The van der Waals surface area contributed by atoms with E-state index in [-0.39, 0.29) is 12.4 Å². The molecule has 1 unspecified atom stereocenters. The minimum absolute atomic E-state index is 0.279. The molecule has 0 amide bonds. The maximum Gasteiger partial charge on any atom is 0.138 e. The SMILES string of the molecule is CC1(O)CCN(Cc2ccc(F)c(C#CCO)c2)C1. The summed E-state index contributed by atoms with van der Waals surface area (Å²) in [5.41, 5.74) is 0.637. The smallest absolute Gasteiger partial charge is 0.138 e. The molecule has 1 fully saturated rings. The van der Waals surface area contributed by atoms with Gasteiger partial charge in [-0.15, -0.1) is 0 Å². The second-order valence-corrected chi connectivity index (χ2v) is 5.23. The summed E-state index contributed by atoms with van der Waals surface area (Å²) in [6.45, 7) is 3.68. The molecule has 0 radical (unpaired) electrons. The number of nitrogens with zero attached hydrogens (tertiary/aromatic N) is 1. The first-order valence-corrected chi connectivity index (χ1v) is 6.33. The van der Waals surface area contributed by atoms with Gasteiger partial charge in [-0.1, -0.05) is 17.9 Å². The first-order valence-electron chi connectivity index (χ1n) is 6.33. The molecule has 4 heteroatoms. The van der Waals surface area contributed by atoms with E-state index in [1.54, 1.807) is 12.1 Å². The molecule has 1 aromatic carbocycles. The van der Waals surface area contributed by atoms with E-state index in [2.05, 4.69) is 16.7 Å². The van der Waals surface area contributed by atoms with Gasteiger partial charge in [0.2, 0.25) is 0 Å². The third-order valence-corrected chi connectivity index (χ3v) is 3.27. The van der Waals surface area contributed by atoms with Crippen LogP contribution in [0.1, 0.15) is 24.5 Å². The van der Waals surface area contributed by atoms with Gasteiger partial charge in [0.1, 0.15) is 12.4 Å². The normalized spacial score (nSPS) is 23.2. The molecular formula is C15H18FNO2. The predicted octanol–water partition coefficient (Wildman–Crippen LogP) is 1.13. The fourth-order valence-corrected chi connectivity index (χ4v) is 2.33. The molecule has 1 aliphatic rings. The zero-order chi connectivity index (χ0) is 13.9. The molecule has 0 aromatic heterocycles. The summed E-state index contributed by atoms with van der Waals surface area (Å²) in [6.07, 6.45) is 0.755. The van der Waals surface area contributed by atoms with Gasteiger partial charge in [0, 0.05) is 19.6 Å². The molecule has 0 saturated carbocycles. The van der Waals surface area contributed by atoms with Crippen LogP contribution < -0.4 is 0 Å². The monoisotopic (exact) mass is 263 g/mol. The third kappa shape index (κ3) is 3.77. The van der Waals surface area contributed by atoms with E-state index >= 15 is 0 Å². The van der Waals surface area contributed by atoms with Crippen molar-refractivity contribution in [3.8, 4) is 11.8 Å². The van der Waals surface area contributed by atoms with E-state index in [1.807, 2.05) is 6.92 Å². The van der Waals surface area contributed by atoms with Crippen LogP contribution in [0.4, 0.5) is 4.39 Å². The number of aliphatic hydroxyl groups is 2. The van der Waals surface area contributed by atoms with E-state index in [9.17, 15) is 9.50 Å². The van der Waals surface area contributed by atoms with Gasteiger partial charge >= 0.3 is 0 Å². The fraction of sp³-hybridized carbons (Fsp3) is 0.467. The van der Waals surface area contributed by atoms with Gasteiger partial charge in [-0.2, -0.15) is 0 Å². The van der Waals surface area contributed by atoms with Crippen molar-refractivity contribution in [3.05, 3.63) is 35.1 Å². The van der Waals surface area contributed by atoms with Gasteiger partial charge in [-0.05, 0) is 31.0 Å². The Morgan fingerprint density at radius 1 is 1.47 bits per heavy atom. The second-order valence-electron chi connectivity index (χ2n) is 5.23. The van der Waals surface area contributed by atoms with Crippen molar-refractivity contribution >= 4 is 0 Å². The van der Waals surface area contributed by atoms with E-state index in [0.29, 0.717) is 18.7 Å². The molecule has 0 aliphatic carbocycles. The Morgan fingerprint density at radius 2 is 2.26 bits per heavy atom. The molecule has 19 heavy (non-hydrogen) atoms. The van der Waals surface area contributed by atoms with Gasteiger partial charge in [-0.25, -0.2) is 4.39 Å². The molecule has 102 valence electrons. The Balaban J connectivity index is 2.09. The molecule has 2 rings (SSSR count). The molecule has 1 aliphatic heterocycles. The van der Waals surface area contributed by atoms with Gasteiger partial charge < -0.3 is 10.2 Å². The minimum Gasteiger partial charge on any atom is -0.389 e. The summed E-state index contributed by atoms with van der Waals surface area (Å²) in [5, 5.41) is 18.5. The Hall–Kier alpha value is -1.41.